The predicted molar refractivity (Wildman–Crippen MR) is 103 cm³/mol. The van der Waals surface area contributed by atoms with E-state index < -0.39 is 10.3 Å². The Morgan fingerprint density at radius 3 is 2.46 bits per heavy atom. The van der Waals surface area contributed by atoms with Crippen molar-refractivity contribution >= 4 is 11.9 Å². The van der Waals surface area contributed by atoms with Crippen molar-refractivity contribution in [3.05, 3.63) is 69.3 Å². The maximum absolute atomic E-state index is 11.4. The van der Waals surface area contributed by atoms with Gasteiger partial charge in [-0.3, -0.25) is 15.1 Å². The van der Waals surface area contributed by atoms with Crippen molar-refractivity contribution in [1.29, 1.82) is 0 Å². The Morgan fingerprint density at radius 1 is 1.19 bits per heavy atom. The fraction of sp³-hybridized carbons (Fsp3) is 0.381. The largest absolute Gasteiger partial charge is 0.507 e. The van der Waals surface area contributed by atoms with E-state index in [1.54, 1.807) is 6.21 Å². The van der Waals surface area contributed by atoms with Crippen LogP contribution in [0.5, 0.6) is 5.75 Å². The fourth-order valence-electron chi connectivity index (χ4n) is 3.57. The molecule has 3 rings (SSSR count). The summed E-state index contributed by atoms with van der Waals surface area (Å²) in [6.07, 6.45) is 6.00. The van der Waals surface area contributed by atoms with E-state index in [-0.39, 0.29) is 17.5 Å². The molecule has 0 aliphatic heterocycles. The van der Waals surface area contributed by atoms with Crippen LogP contribution >= 0.6 is 0 Å². The lowest BCUT2D eigenvalue weighted by Crippen LogP contribution is -2.19. The maximum atomic E-state index is 11.4. The molecule has 1 N–H and O–H groups in total. The molecule has 0 aromatic heterocycles. The van der Waals surface area contributed by atoms with Crippen LogP contribution in [-0.2, 0) is 5.41 Å². The Bertz CT molecular complexity index is 823. The lowest BCUT2D eigenvalue weighted by molar-refractivity contribution is -0.385. The van der Waals surface area contributed by atoms with E-state index in [0.29, 0.717) is 11.1 Å². The molecule has 0 bridgehead atoms. The second-order valence-corrected chi connectivity index (χ2v) is 7.40. The van der Waals surface area contributed by atoms with Crippen molar-refractivity contribution in [3.63, 3.8) is 0 Å². The molecule has 0 amide bonds. The number of phenolic OH excluding ortho intramolecular Hbond substituents is 1. The van der Waals surface area contributed by atoms with Crippen molar-refractivity contribution < 1.29 is 10.0 Å². The summed E-state index contributed by atoms with van der Waals surface area (Å²) in [5, 5.41) is 22.3. The normalized spacial score (nSPS) is 15.6. The molecule has 1 fully saturated rings. The second kappa shape index (κ2) is 7.28. The van der Waals surface area contributed by atoms with Crippen molar-refractivity contribution in [3.8, 4) is 5.75 Å². The van der Waals surface area contributed by atoms with Gasteiger partial charge in [0.1, 0.15) is 5.75 Å². The Morgan fingerprint density at radius 2 is 1.85 bits per heavy atom. The number of nitro benzene ring substituents is 1. The van der Waals surface area contributed by atoms with Crippen LogP contribution in [0.2, 0.25) is 0 Å². The van der Waals surface area contributed by atoms with Crippen LogP contribution in [0.15, 0.2) is 47.5 Å². The predicted octanol–water partition coefficient (Wildman–Crippen LogP) is 4.99. The third-order valence-corrected chi connectivity index (χ3v) is 5.25. The Labute approximate surface area is 153 Å². The van der Waals surface area contributed by atoms with Gasteiger partial charge in [0.05, 0.1) is 4.92 Å². The number of phenols is 1. The number of hydrogen-bond donors (Lipinski definition) is 1. The monoisotopic (exact) mass is 352 g/mol. The van der Waals surface area contributed by atoms with Gasteiger partial charge in [-0.2, -0.15) is 0 Å². The first-order chi connectivity index (χ1) is 12.4. The van der Waals surface area contributed by atoms with E-state index >= 15 is 0 Å². The molecule has 0 spiro atoms. The summed E-state index contributed by atoms with van der Waals surface area (Å²) in [6, 6.07) is 12.8. The highest BCUT2D eigenvalue weighted by atomic mass is 16.6. The van der Waals surface area contributed by atoms with Gasteiger partial charge < -0.3 is 5.11 Å². The number of aromatic hydroxyl groups is 1. The van der Waals surface area contributed by atoms with E-state index in [4.69, 9.17) is 0 Å². The average molecular weight is 352 g/mol. The minimum absolute atomic E-state index is 0.0327. The number of rotatable bonds is 5. The van der Waals surface area contributed by atoms with Crippen LogP contribution in [0.4, 0.5) is 5.69 Å². The fourth-order valence-corrected chi connectivity index (χ4v) is 3.57. The van der Waals surface area contributed by atoms with Crippen LogP contribution in [-0.4, -0.2) is 22.3 Å². The Balaban J connectivity index is 2.08. The SMILES string of the molecule is CC(C)(c1ccccc1)c1cc([N+](=O)[O-])cc(C=NC2CCCC2)c1O. The summed E-state index contributed by atoms with van der Waals surface area (Å²) < 4.78 is 0. The quantitative estimate of drug-likeness (QED) is 0.468. The van der Waals surface area contributed by atoms with Gasteiger partial charge in [0, 0.05) is 40.9 Å². The highest BCUT2D eigenvalue weighted by Crippen LogP contribution is 2.40. The molecule has 1 saturated carbocycles. The van der Waals surface area contributed by atoms with Crippen LogP contribution < -0.4 is 0 Å². The third-order valence-electron chi connectivity index (χ3n) is 5.25. The molecule has 0 saturated heterocycles. The van der Waals surface area contributed by atoms with Crippen molar-refractivity contribution in [2.24, 2.45) is 4.99 Å². The molecule has 0 unspecified atom stereocenters. The standard InChI is InChI=1S/C21H24N2O3/c1-21(2,16-8-4-3-5-9-16)19-13-18(23(25)26)12-15(20(19)24)14-22-17-10-6-7-11-17/h3-5,8-9,12-14,17,24H,6-7,10-11H2,1-2H3. The molecule has 1 aliphatic carbocycles. The number of nitro groups is 1. The molecule has 0 heterocycles. The number of hydrogen-bond acceptors (Lipinski definition) is 4. The summed E-state index contributed by atoms with van der Waals surface area (Å²) in [5.41, 5.74) is 1.31. The van der Waals surface area contributed by atoms with E-state index in [9.17, 15) is 15.2 Å². The van der Waals surface area contributed by atoms with Gasteiger partial charge in [-0.1, -0.05) is 57.0 Å². The molecule has 26 heavy (non-hydrogen) atoms. The zero-order chi connectivity index (χ0) is 18.7. The summed E-state index contributed by atoms with van der Waals surface area (Å²) in [6.45, 7) is 3.91. The maximum Gasteiger partial charge on any atom is 0.270 e. The zero-order valence-electron chi connectivity index (χ0n) is 15.2. The molecule has 0 radical (unpaired) electrons. The van der Waals surface area contributed by atoms with Crippen LogP contribution in [0, 0.1) is 10.1 Å². The van der Waals surface area contributed by atoms with E-state index in [0.717, 1.165) is 31.2 Å². The van der Waals surface area contributed by atoms with Gasteiger partial charge >= 0.3 is 0 Å². The molecular formula is C21H24N2O3. The van der Waals surface area contributed by atoms with Crippen molar-refractivity contribution in [2.75, 3.05) is 0 Å². The number of non-ortho nitro benzene ring substituents is 1. The van der Waals surface area contributed by atoms with E-state index in [2.05, 4.69) is 4.99 Å². The molecular weight excluding hydrogens is 328 g/mol. The molecule has 0 atom stereocenters. The minimum atomic E-state index is -0.576. The van der Waals surface area contributed by atoms with Crippen molar-refractivity contribution in [2.45, 2.75) is 51.0 Å². The summed E-state index contributed by atoms with van der Waals surface area (Å²) in [4.78, 5) is 15.5. The van der Waals surface area contributed by atoms with E-state index in [1.165, 1.54) is 12.1 Å². The van der Waals surface area contributed by atoms with E-state index in [1.807, 2.05) is 44.2 Å². The van der Waals surface area contributed by atoms with Gasteiger partial charge in [0.2, 0.25) is 0 Å². The topological polar surface area (TPSA) is 75.7 Å². The van der Waals surface area contributed by atoms with Crippen LogP contribution in [0.1, 0.15) is 56.2 Å². The summed E-state index contributed by atoms with van der Waals surface area (Å²) in [5.74, 6) is 0.0613. The van der Waals surface area contributed by atoms with Gasteiger partial charge in [-0.05, 0) is 18.4 Å². The number of aliphatic imine (C=N–C) groups is 1. The van der Waals surface area contributed by atoms with Gasteiger partial charge in [0.15, 0.2) is 0 Å². The number of nitrogens with zero attached hydrogens (tertiary/aromatic N) is 2. The first-order valence-corrected chi connectivity index (χ1v) is 9.00. The van der Waals surface area contributed by atoms with Crippen molar-refractivity contribution in [1.82, 2.24) is 0 Å². The second-order valence-electron chi connectivity index (χ2n) is 7.40. The smallest absolute Gasteiger partial charge is 0.270 e. The zero-order valence-corrected chi connectivity index (χ0v) is 15.2. The molecule has 136 valence electrons. The Hall–Kier alpha value is -2.69. The molecule has 1 aliphatic rings. The Kier molecular flexibility index (Phi) is 5.07. The minimum Gasteiger partial charge on any atom is -0.507 e. The highest BCUT2D eigenvalue weighted by molar-refractivity contribution is 5.86. The summed E-state index contributed by atoms with van der Waals surface area (Å²) in [7, 11) is 0. The molecule has 5 nitrogen and oxygen atoms in total. The third kappa shape index (κ3) is 3.62. The van der Waals surface area contributed by atoms with Gasteiger partial charge in [-0.15, -0.1) is 0 Å². The van der Waals surface area contributed by atoms with Gasteiger partial charge in [-0.25, -0.2) is 0 Å². The van der Waals surface area contributed by atoms with Crippen LogP contribution in [0.25, 0.3) is 0 Å². The highest BCUT2D eigenvalue weighted by Gasteiger charge is 2.29. The number of benzene rings is 2. The first-order valence-electron chi connectivity index (χ1n) is 9.00. The van der Waals surface area contributed by atoms with Crippen LogP contribution in [0.3, 0.4) is 0 Å². The summed E-state index contributed by atoms with van der Waals surface area (Å²) >= 11 is 0. The average Bonchev–Trinajstić information content (AvgIpc) is 3.14. The lowest BCUT2D eigenvalue weighted by Gasteiger charge is -2.27. The lowest BCUT2D eigenvalue weighted by atomic mass is 9.77. The first kappa shape index (κ1) is 18.1. The molecule has 5 heteroatoms. The molecule has 2 aromatic rings. The van der Waals surface area contributed by atoms with Gasteiger partial charge in [0.25, 0.3) is 5.69 Å². The molecule has 2 aromatic carbocycles.